The third kappa shape index (κ3) is 3.63. The molecule has 0 bridgehead atoms. The number of aryl methyl sites for hydroxylation is 2. The normalized spacial score (nSPS) is 24.4. The van der Waals surface area contributed by atoms with E-state index in [0.29, 0.717) is 4.83 Å². The molecule has 108 valence electrons. The smallest absolute Gasteiger partial charge is 0.0766 e. The lowest BCUT2D eigenvalue weighted by molar-refractivity contribution is 0.453. The zero-order chi connectivity index (χ0) is 13.8. The molecule has 0 N–H and O–H groups in total. The van der Waals surface area contributed by atoms with E-state index in [0.717, 1.165) is 25.3 Å². The summed E-state index contributed by atoms with van der Waals surface area (Å²) in [6.45, 7) is 5.32. The van der Waals surface area contributed by atoms with Gasteiger partial charge in [-0.3, -0.25) is 4.68 Å². The molecule has 2 unspecified atom stereocenters. The second-order valence-corrected chi connectivity index (χ2v) is 7.46. The number of hydrogen-bond donors (Lipinski definition) is 0. The van der Waals surface area contributed by atoms with E-state index in [9.17, 15) is 0 Å². The van der Waals surface area contributed by atoms with Gasteiger partial charge in [-0.15, -0.1) is 0 Å². The fraction of sp³-hybridized carbons (Fsp3) is 0.800. The standard InChI is InChI=1S/C15H24Br2N2/c1-3-13-15(17)14(19(4-2)18-13)10-11-8-6-5-7-9-12(11)16/h11-12H,3-10H2,1-2H3. The molecule has 1 aliphatic rings. The van der Waals surface area contributed by atoms with Gasteiger partial charge in [0, 0.05) is 11.4 Å². The minimum Gasteiger partial charge on any atom is -0.268 e. The van der Waals surface area contributed by atoms with E-state index in [4.69, 9.17) is 5.10 Å². The number of hydrogen-bond acceptors (Lipinski definition) is 1. The molecule has 1 heterocycles. The molecule has 2 rings (SSSR count). The first-order valence-electron chi connectivity index (χ1n) is 7.55. The van der Waals surface area contributed by atoms with Gasteiger partial charge in [-0.25, -0.2) is 0 Å². The number of alkyl halides is 1. The number of rotatable bonds is 4. The maximum Gasteiger partial charge on any atom is 0.0766 e. The van der Waals surface area contributed by atoms with Crippen LogP contribution >= 0.6 is 31.9 Å². The van der Waals surface area contributed by atoms with Crippen LogP contribution in [0.5, 0.6) is 0 Å². The predicted octanol–water partition coefficient (Wildman–Crippen LogP) is 5.11. The van der Waals surface area contributed by atoms with Crippen molar-refractivity contribution in [1.29, 1.82) is 0 Å². The number of nitrogens with zero attached hydrogens (tertiary/aromatic N) is 2. The third-order valence-electron chi connectivity index (χ3n) is 4.22. The Labute approximate surface area is 133 Å². The van der Waals surface area contributed by atoms with Gasteiger partial charge in [0.05, 0.1) is 15.9 Å². The highest BCUT2D eigenvalue weighted by atomic mass is 79.9. The molecule has 2 atom stereocenters. The first-order valence-corrected chi connectivity index (χ1v) is 9.26. The Morgan fingerprint density at radius 3 is 2.63 bits per heavy atom. The monoisotopic (exact) mass is 390 g/mol. The molecule has 4 heteroatoms. The summed E-state index contributed by atoms with van der Waals surface area (Å²) in [5.41, 5.74) is 2.60. The van der Waals surface area contributed by atoms with Gasteiger partial charge in [-0.2, -0.15) is 5.10 Å². The van der Waals surface area contributed by atoms with Gasteiger partial charge in [0.15, 0.2) is 0 Å². The van der Waals surface area contributed by atoms with Gasteiger partial charge in [0.25, 0.3) is 0 Å². The van der Waals surface area contributed by atoms with Gasteiger partial charge in [0.1, 0.15) is 0 Å². The molecule has 0 saturated heterocycles. The van der Waals surface area contributed by atoms with Crippen LogP contribution in [0.4, 0.5) is 0 Å². The van der Waals surface area contributed by atoms with E-state index < -0.39 is 0 Å². The van der Waals surface area contributed by atoms with Crippen LogP contribution in [0.3, 0.4) is 0 Å². The maximum absolute atomic E-state index is 4.72. The fourth-order valence-corrected chi connectivity index (χ4v) is 4.53. The van der Waals surface area contributed by atoms with E-state index >= 15 is 0 Å². The summed E-state index contributed by atoms with van der Waals surface area (Å²) in [4.78, 5) is 0.673. The molecule has 0 aliphatic heterocycles. The van der Waals surface area contributed by atoms with E-state index in [1.54, 1.807) is 0 Å². The van der Waals surface area contributed by atoms with Crippen LogP contribution in [-0.4, -0.2) is 14.6 Å². The van der Waals surface area contributed by atoms with E-state index in [1.807, 2.05) is 0 Å². The largest absolute Gasteiger partial charge is 0.268 e. The van der Waals surface area contributed by atoms with Crippen molar-refractivity contribution in [2.75, 3.05) is 0 Å². The lowest BCUT2D eigenvalue weighted by atomic mass is 9.94. The Morgan fingerprint density at radius 1 is 1.21 bits per heavy atom. The quantitative estimate of drug-likeness (QED) is 0.514. The van der Waals surface area contributed by atoms with E-state index in [1.165, 1.54) is 48.0 Å². The summed E-state index contributed by atoms with van der Waals surface area (Å²) in [5.74, 6) is 0.755. The van der Waals surface area contributed by atoms with Gasteiger partial charge >= 0.3 is 0 Å². The second kappa shape index (κ2) is 7.26. The molecule has 1 aromatic rings. The Balaban J connectivity index is 2.19. The molecule has 0 radical (unpaired) electrons. The van der Waals surface area contributed by atoms with Crippen molar-refractivity contribution in [3.05, 3.63) is 15.9 Å². The van der Waals surface area contributed by atoms with Crippen molar-refractivity contribution in [2.45, 2.75) is 70.2 Å². The number of aromatic nitrogens is 2. The second-order valence-electron chi connectivity index (χ2n) is 5.49. The Morgan fingerprint density at radius 2 is 1.95 bits per heavy atom. The molecule has 0 aromatic carbocycles. The van der Waals surface area contributed by atoms with Crippen molar-refractivity contribution in [1.82, 2.24) is 9.78 Å². The first kappa shape index (κ1) is 15.6. The molecule has 1 aliphatic carbocycles. The lowest BCUT2D eigenvalue weighted by Gasteiger charge is -2.20. The molecular formula is C15H24Br2N2. The Bertz CT molecular complexity index is 415. The molecular weight excluding hydrogens is 368 g/mol. The molecule has 1 saturated carbocycles. The zero-order valence-electron chi connectivity index (χ0n) is 12.0. The highest BCUT2D eigenvalue weighted by molar-refractivity contribution is 9.10. The summed E-state index contributed by atoms with van der Waals surface area (Å²) >= 11 is 7.68. The highest BCUT2D eigenvalue weighted by Gasteiger charge is 2.25. The van der Waals surface area contributed by atoms with Gasteiger partial charge in [0.2, 0.25) is 0 Å². The summed E-state index contributed by atoms with van der Waals surface area (Å²) in [7, 11) is 0. The van der Waals surface area contributed by atoms with Crippen LogP contribution in [0.1, 0.15) is 57.3 Å². The summed E-state index contributed by atoms with van der Waals surface area (Å²) < 4.78 is 3.44. The maximum atomic E-state index is 4.72. The van der Waals surface area contributed by atoms with Crippen molar-refractivity contribution < 1.29 is 0 Å². The topological polar surface area (TPSA) is 17.8 Å². The van der Waals surface area contributed by atoms with Gasteiger partial charge in [-0.05, 0) is 54.5 Å². The van der Waals surface area contributed by atoms with Crippen molar-refractivity contribution in [3.63, 3.8) is 0 Å². The lowest BCUT2D eigenvalue weighted by Crippen LogP contribution is -2.18. The van der Waals surface area contributed by atoms with Crippen LogP contribution in [0, 0.1) is 5.92 Å². The third-order valence-corrected chi connectivity index (χ3v) is 6.34. The highest BCUT2D eigenvalue weighted by Crippen LogP contribution is 2.34. The molecule has 1 aromatic heterocycles. The minimum atomic E-state index is 0.673. The van der Waals surface area contributed by atoms with Crippen LogP contribution < -0.4 is 0 Å². The van der Waals surface area contributed by atoms with Crippen molar-refractivity contribution in [2.24, 2.45) is 5.92 Å². The SMILES string of the molecule is CCc1nn(CC)c(CC2CCCCCC2Br)c1Br. The van der Waals surface area contributed by atoms with Crippen LogP contribution in [0.15, 0.2) is 4.47 Å². The van der Waals surface area contributed by atoms with E-state index in [2.05, 4.69) is 50.4 Å². The predicted molar refractivity (Wildman–Crippen MR) is 88.0 cm³/mol. The van der Waals surface area contributed by atoms with Crippen molar-refractivity contribution >= 4 is 31.9 Å². The average molecular weight is 392 g/mol. The average Bonchev–Trinajstić information content (AvgIpc) is 2.57. The molecule has 1 fully saturated rings. The summed E-state index contributed by atoms with van der Waals surface area (Å²) in [6, 6.07) is 0. The molecule has 2 nitrogen and oxygen atoms in total. The molecule has 19 heavy (non-hydrogen) atoms. The first-order chi connectivity index (χ1) is 9.17. The van der Waals surface area contributed by atoms with Gasteiger partial charge in [-0.1, -0.05) is 42.1 Å². The summed E-state index contributed by atoms with van der Waals surface area (Å²) in [5, 5.41) is 4.72. The van der Waals surface area contributed by atoms with Crippen molar-refractivity contribution in [3.8, 4) is 0 Å². The number of halogens is 2. The zero-order valence-corrected chi connectivity index (χ0v) is 15.1. The minimum absolute atomic E-state index is 0.673. The summed E-state index contributed by atoms with van der Waals surface area (Å²) in [6.07, 6.45) is 8.97. The van der Waals surface area contributed by atoms with Crippen LogP contribution in [-0.2, 0) is 19.4 Å². The van der Waals surface area contributed by atoms with Crippen LogP contribution in [0.2, 0.25) is 0 Å². The Hall–Kier alpha value is 0.170. The molecule has 0 amide bonds. The van der Waals surface area contributed by atoms with Gasteiger partial charge < -0.3 is 0 Å². The Kier molecular flexibility index (Phi) is 5.94. The van der Waals surface area contributed by atoms with E-state index in [-0.39, 0.29) is 0 Å². The fourth-order valence-electron chi connectivity index (χ4n) is 3.03. The molecule has 0 spiro atoms. The van der Waals surface area contributed by atoms with Crippen LogP contribution in [0.25, 0.3) is 0 Å².